The third-order valence-corrected chi connectivity index (χ3v) is 3.54. The number of aryl methyl sites for hydroxylation is 1. The molecule has 0 aliphatic heterocycles. The highest BCUT2D eigenvalue weighted by molar-refractivity contribution is 5.25. The van der Waals surface area contributed by atoms with E-state index in [9.17, 15) is 5.11 Å². The topological polar surface area (TPSA) is 32.3 Å². The molecule has 1 fully saturated rings. The number of phenolic OH excluding ortho intramolecular Hbond substituents is 1. The second kappa shape index (κ2) is 6.06. The highest BCUT2D eigenvalue weighted by Crippen LogP contribution is 2.31. The van der Waals surface area contributed by atoms with Crippen molar-refractivity contribution in [2.45, 2.75) is 45.1 Å². The Morgan fingerprint density at radius 1 is 1.29 bits per heavy atom. The van der Waals surface area contributed by atoms with Gasteiger partial charge in [-0.25, -0.2) is 0 Å². The Bertz CT molecular complexity index is 329. The molecule has 1 saturated carbocycles. The first-order valence-corrected chi connectivity index (χ1v) is 6.75. The largest absolute Gasteiger partial charge is 0.508 e. The zero-order chi connectivity index (χ0) is 12.1. The minimum Gasteiger partial charge on any atom is -0.508 e. The van der Waals surface area contributed by atoms with Crippen LogP contribution < -0.4 is 5.32 Å². The Hall–Kier alpha value is -1.02. The summed E-state index contributed by atoms with van der Waals surface area (Å²) in [5.74, 6) is 1.37. The van der Waals surface area contributed by atoms with Crippen LogP contribution in [0, 0.1) is 5.92 Å². The zero-order valence-corrected chi connectivity index (χ0v) is 10.7. The van der Waals surface area contributed by atoms with Gasteiger partial charge in [0.2, 0.25) is 0 Å². The van der Waals surface area contributed by atoms with E-state index in [1.807, 2.05) is 12.1 Å². The van der Waals surface area contributed by atoms with Gasteiger partial charge in [-0.3, -0.25) is 0 Å². The van der Waals surface area contributed by atoms with Crippen molar-refractivity contribution in [3.63, 3.8) is 0 Å². The predicted molar refractivity (Wildman–Crippen MR) is 71.2 cm³/mol. The number of rotatable bonds is 7. The van der Waals surface area contributed by atoms with E-state index in [0.29, 0.717) is 11.8 Å². The Morgan fingerprint density at radius 2 is 2.00 bits per heavy atom. The highest BCUT2D eigenvalue weighted by atomic mass is 16.3. The fraction of sp³-hybridized carbons (Fsp3) is 0.600. The second-order valence-corrected chi connectivity index (χ2v) is 5.29. The average molecular weight is 233 g/mol. The van der Waals surface area contributed by atoms with Crippen LogP contribution >= 0.6 is 0 Å². The van der Waals surface area contributed by atoms with E-state index in [1.165, 1.54) is 31.4 Å². The van der Waals surface area contributed by atoms with Crippen LogP contribution in [0.1, 0.15) is 38.2 Å². The molecule has 2 heteroatoms. The quantitative estimate of drug-likeness (QED) is 0.758. The third kappa shape index (κ3) is 4.78. The number of benzene rings is 1. The summed E-state index contributed by atoms with van der Waals surface area (Å²) >= 11 is 0. The standard InChI is InChI=1S/C15H23NO/c1-12(16-11-10-14-4-5-14)2-3-13-6-8-15(17)9-7-13/h6-9,12,14,16-17H,2-5,10-11H2,1H3. The molecule has 0 bridgehead atoms. The van der Waals surface area contributed by atoms with Crippen LogP contribution in [0.25, 0.3) is 0 Å². The highest BCUT2D eigenvalue weighted by Gasteiger charge is 2.20. The smallest absolute Gasteiger partial charge is 0.115 e. The summed E-state index contributed by atoms with van der Waals surface area (Å²) < 4.78 is 0. The normalized spacial score (nSPS) is 17.0. The average Bonchev–Trinajstić information content (AvgIpc) is 3.12. The van der Waals surface area contributed by atoms with Gasteiger partial charge in [-0.2, -0.15) is 0 Å². The van der Waals surface area contributed by atoms with Gasteiger partial charge in [0.15, 0.2) is 0 Å². The maximum Gasteiger partial charge on any atom is 0.115 e. The molecule has 0 radical (unpaired) electrons. The molecule has 1 aromatic carbocycles. The Balaban J connectivity index is 1.60. The molecule has 1 unspecified atom stereocenters. The van der Waals surface area contributed by atoms with E-state index >= 15 is 0 Å². The zero-order valence-electron chi connectivity index (χ0n) is 10.7. The van der Waals surface area contributed by atoms with Crippen molar-refractivity contribution >= 4 is 0 Å². The molecule has 1 aliphatic rings. The fourth-order valence-electron chi connectivity index (χ4n) is 2.09. The summed E-state index contributed by atoms with van der Waals surface area (Å²) in [7, 11) is 0. The van der Waals surface area contributed by atoms with Crippen LogP contribution in [-0.2, 0) is 6.42 Å². The van der Waals surface area contributed by atoms with E-state index in [2.05, 4.69) is 12.2 Å². The van der Waals surface area contributed by atoms with Crippen LogP contribution in [0.2, 0.25) is 0 Å². The summed E-state index contributed by atoms with van der Waals surface area (Å²) in [6.45, 7) is 3.43. The molecule has 17 heavy (non-hydrogen) atoms. The molecule has 1 atom stereocenters. The summed E-state index contributed by atoms with van der Waals surface area (Å²) in [5.41, 5.74) is 1.30. The Morgan fingerprint density at radius 3 is 2.65 bits per heavy atom. The summed E-state index contributed by atoms with van der Waals surface area (Å²) in [6.07, 6.45) is 6.49. The molecule has 2 nitrogen and oxygen atoms in total. The SMILES string of the molecule is CC(CCc1ccc(O)cc1)NCCC1CC1. The molecule has 0 amide bonds. The van der Waals surface area contributed by atoms with Gasteiger partial charge in [-0.15, -0.1) is 0 Å². The minimum absolute atomic E-state index is 0.351. The monoisotopic (exact) mass is 233 g/mol. The molecule has 0 heterocycles. The maximum atomic E-state index is 9.20. The first-order chi connectivity index (χ1) is 8.24. The van der Waals surface area contributed by atoms with Crippen LogP contribution in [0.4, 0.5) is 0 Å². The van der Waals surface area contributed by atoms with Gasteiger partial charge in [0, 0.05) is 6.04 Å². The lowest BCUT2D eigenvalue weighted by molar-refractivity contribution is 0.474. The Kier molecular flexibility index (Phi) is 4.43. The minimum atomic E-state index is 0.351. The van der Waals surface area contributed by atoms with Gasteiger partial charge in [0.05, 0.1) is 0 Å². The van der Waals surface area contributed by atoms with E-state index in [-0.39, 0.29) is 0 Å². The summed E-state index contributed by atoms with van der Waals surface area (Å²) in [4.78, 5) is 0. The molecule has 0 saturated heterocycles. The van der Waals surface area contributed by atoms with Crippen molar-refractivity contribution in [2.75, 3.05) is 6.54 Å². The van der Waals surface area contributed by atoms with Crippen molar-refractivity contribution in [2.24, 2.45) is 5.92 Å². The molecular weight excluding hydrogens is 210 g/mol. The Labute approximate surface area is 104 Å². The van der Waals surface area contributed by atoms with Gasteiger partial charge in [-0.1, -0.05) is 25.0 Å². The van der Waals surface area contributed by atoms with E-state index in [1.54, 1.807) is 12.1 Å². The van der Waals surface area contributed by atoms with Gasteiger partial charge in [0.1, 0.15) is 5.75 Å². The molecule has 2 rings (SSSR count). The lowest BCUT2D eigenvalue weighted by Crippen LogP contribution is -2.27. The van der Waals surface area contributed by atoms with E-state index in [4.69, 9.17) is 0 Å². The number of phenols is 1. The fourth-order valence-corrected chi connectivity index (χ4v) is 2.09. The molecule has 94 valence electrons. The van der Waals surface area contributed by atoms with Crippen LogP contribution in [0.3, 0.4) is 0 Å². The molecule has 1 aliphatic carbocycles. The van der Waals surface area contributed by atoms with Crippen molar-refractivity contribution in [1.82, 2.24) is 5.32 Å². The number of hydrogen-bond acceptors (Lipinski definition) is 2. The first kappa shape index (κ1) is 12.4. The van der Waals surface area contributed by atoms with E-state index in [0.717, 1.165) is 18.8 Å². The third-order valence-electron chi connectivity index (χ3n) is 3.54. The molecular formula is C15H23NO. The molecule has 0 aromatic heterocycles. The molecule has 2 N–H and O–H groups in total. The first-order valence-electron chi connectivity index (χ1n) is 6.75. The van der Waals surface area contributed by atoms with Crippen molar-refractivity contribution < 1.29 is 5.11 Å². The van der Waals surface area contributed by atoms with Crippen LogP contribution in [-0.4, -0.2) is 17.7 Å². The summed E-state index contributed by atoms with van der Waals surface area (Å²) in [5, 5.41) is 12.8. The van der Waals surface area contributed by atoms with Crippen LogP contribution in [0.15, 0.2) is 24.3 Å². The lowest BCUT2D eigenvalue weighted by atomic mass is 10.1. The lowest BCUT2D eigenvalue weighted by Gasteiger charge is -2.13. The summed E-state index contributed by atoms with van der Waals surface area (Å²) in [6, 6.07) is 8.13. The van der Waals surface area contributed by atoms with Gasteiger partial charge >= 0.3 is 0 Å². The van der Waals surface area contributed by atoms with Crippen molar-refractivity contribution in [3.8, 4) is 5.75 Å². The number of nitrogens with one attached hydrogen (secondary N) is 1. The van der Waals surface area contributed by atoms with Gasteiger partial charge in [0.25, 0.3) is 0 Å². The number of hydrogen-bond donors (Lipinski definition) is 2. The van der Waals surface area contributed by atoms with Gasteiger partial charge < -0.3 is 10.4 Å². The van der Waals surface area contributed by atoms with Crippen molar-refractivity contribution in [3.05, 3.63) is 29.8 Å². The maximum absolute atomic E-state index is 9.20. The molecule has 1 aromatic rings. The number of aromatic hydroxyl groups is 1. The van der Waals surface area contributed by atoms with Gasteiger partial charge in [-0.05, 0) is 56.3 Å². The van der Waals surface area contributed by atoms with Crippen LogP contribution in [0.5, 0.6) is 5.75 Å². The van der Waals surface area contributed by atoms with Crippen molar-refractivity contribution in [1.29, 1.82) is 0 Å². The van der Waals surface area contributed by atoms with E-state index < -0.39 is 0 Å². The molecule has 0 spiro atoms. The predicted octanol–water partition coefficient (Wildman–Crippen LogP) is 3.10. The second-order valence-electron chi connectivity index (χ2n) is 5.29.